The van der Waals surface area contributed by atoms with Crippen LogP contribution in [0.1, 0.15) is 49.2 Å². The fourth-order valence-electron chi connectivity index (χ4n) is 3.70. The van der Waals surface area contributed by atoms with Crippen molar-refractivity contribution in [1.29, 1.82) is 0 Å². The Morgan fingerprint density at radius 3 is 2.47 bits per heavy atom. The largest absolute Gasteiger partial charge is 0.490 e. The summed E-state index contributed by atoms with van der Waals surface area (Å²) in [5.74, 6) is 1.39. The van der Waals surface area contributed by atoms with Crippen molar-refractivity contribution in [3.8, 4) is 11.5 Å². The number of carbonyl (C=O) groups is 1. The number of nitrogens with one attached hydrogen (secondary N) is 1. The number of fused-ring (bicyclic) bond motifs is 1. The molecule has 5 heteroatoms. The third-order valence-electron chi connectivity index (χ3n) is 5.27. The van der Waals surface area contributed by atoms with E-state index in [-0.39, 0.29) is 11.9 Å². The molecule has 0 spiro atoms. The molecule has 1 unspecified atom stereocenters. The van der Waals surface area contributed by atoms with Gasteiger partial charge in [0.05, 0.1) is 31.2 Å². The van der Waals surface area contributed by atoms with Crippen molar-refractivity contribution in [2.45, 2.75) is 47.1 Å². The first-order chi connectivity index (χ1) is 14.4. The molecular weight excluding hydrogens is 376 g/mol. The summed E-state index contributed by atoms with van der Waals surface area (Å²) >= 11 is 0. The average molecular weight is 407 g/mol. The number of amides is 1. The van der Waals surface area contributed by atoms with Crippen LogP contribution in [0.5, 0.6) is 11.5 Å². The molecule has 0 saturated carbocycles. The zero-order valence-corrected chi connectivity index (χ0v) is 18.4. The molecule has 3 rings (SSSR count). The molecule has 0 saturated heterocycles. The summed E-state index contributed by atoms with van der Waals surface area (Å²) in [6, 6.07) is 13.7. The molecule has 0 aliphatic heterocycles. The van der Waals surface area contributed by atoms with Crippen LogP contribution in [0.4, 0.5) is 0 Å². The summed E-state index contributed by atoms with van der Waals surface area (Å²) in [5.41, 5.74) is 4.93. The van der Waals surface area contributed by atoms with E-state index in [0.717, 1.165) is 39.0 Å². The highest BCUT2D eigenvalue weighted by molar-refractivity contribution is 5.86. The second-order valence-corrected chi connectivity index (χ2v) is 7.36. The number of pyridine rings is 1. The van der Waals surface area contributed by atoms with Crippen molar-refractivity contribution in [3.63, 3.8) is 0 Å². The third kappa shape index (κ3) is 4.73. The van der Waals surface area contributed by atoms with Crippen LogP contribution in [-0.2, 0) is 11.2 Å². The van der Waals surface area contributed by atoms with Crippen LogP contribution in [0.25, 0.3) is 10.9 Å². The number of hydrogen-bond donors (Lipinski definition) is 1. The van der Waals surface area contributed by atoms with Gasteiger partial charge in [-0.05, 0) is 69.5 Å². The standard InChI is InChI=1S/C25H30N2O3/c1-6-29-23-13-12-19(14-24(23)30-7-2)17(4)27-25(28)15-21-16(3)20-10-8-9-11-22(20)26-18(21)5/h8-14,17H,6-7,15H2,1-5H3,(H,27,28). The molecular formula is C25H30N2O3. The SMILES string of the molecule is CCOc1ccc(C(C)NC(=O)Cc2c(C)nc3ccccc3c2C)cc1OCC. The Kier molecular flexibility index (Phi) is 6.93. The van der Waals surface area contributed by atoms with E-state index in [0.29, 0.717) is 25.4 Å². The fourth-order valence-corrected chi connectivity index (χ4v) is 3.70. The predicted octanol–water partition coefficient (Wildman–Crippen LogP) is 5.07. The summed E-state index contributed by atoms with van der Waals surface area (Å²) in [7, 11) is 0. The Morgan fingerprint density at radius 2 is 1.73 bits per heavy atom. The summed E-state index contributed by atoms with van der Waals surface area (Å²) in [4.78, 5) is 17.5. The Labute approximate surface area is 178 Å². The molecule has 1 atom stereocenters. The van der Waals surface area contributed by atoms with Gasteiger partial charge in [0.25, 0.3) is 0 Å². The zero-order valence-electron chi connectivity index (χ0n) is 18.4. The van der Waals surface area contributed by atoms with Crippen molar-refractivity contribution in [3.05, 3.63) is 64.8 Å². The number of aryl methyl sites for hydroxylation is 2. The van der Waals surface area contributed by atoms with Gasteiger partial charge in [-0.2, -0.15) is 0 Å². The number of aromatic nitrogens is 1. The van der Waals surface area contributed by atoms with E-state index < -0.39 is 0 Å². The van der Waals surface area contributed by atoms with Crippen LogP contribution >= 0.6 is 0 Å². The third-order valence-corrected chi connectivity index (χ3v) is 5.27. The van der Waals surface area contributed by atoms with Gasteiger partial charge >= 0.3 is 0 Å². The molecule has 5 nitrogen and oxygen atoms in total. The van der Waals surface area contributed by atoms with Crippen molar-refractivity contribution in [2.24, 2.45) is 0 Å². The quantitative estimate of drug-likeness (QED) is 0.567. The minimum Gasteiger partial charge on any atom is -0.490 e. The number of nitrogens with zero attached hydrogens (tertiary/aromatic N) is 1. The van der Waals surface area contributed by atoms with Gasteiger partial charge in [-0.1, -0.05) is 24.3 Å². The van der Waals surface area contributed by atoms with Crippen LogP contribution in [-0.4, -0.2) is 24.1 Å². The summed E-state index contributed by atoms with van der Waals surface area (Å²) in [6.45, 7) is 11.0. The molecule has 1 N–H and O–H groups in total. The molecule has 2 aromatic carbocycles. The number of para-hydroxylation sites is 1. The average Bonchev–Trinajstić information content (AvgIpc) is 2.72. The lowest BCUT2D eigenvalue weighted by Gasteiger charge is -2.18. The van der Waals surface area contributed by atoms with Crippen LogP contribution in [0.15, 0.2) is 42.5 Å². The summed E-state index contributed by atoms with van der Waals surface area (Å²) in [5, 5.41) is 4.19. The van der Waals surface area contributed by atoms with E-state index in [2.05, 4.69) is 23.3 Å². The maximum Gasteiger partial charge on any atom is 0.224 e. The first-order valence-corrected chi connectivity index (χ1v) is 10.5. The maximum absolute atomic E-state index is 12.8. The molecule has 3 aromatic rings. The van der Waals surface area contributed by atoms with Crippen LogP contribution < -0.4 is 14.8 Å². The highest BCUT2D eigenvalue weighted by Gasteiger charge is 2.16. The Morgan fingerprint density at radius 1 is 1.03 bits per heavy atom. The molecule has 1 aromatic heterocycles. The van der Waals surface area contributed by atoms with Gasteiger partial charge in [-0.3, -0.25) is 9.78 Å². The van der Waals surface area contributed by atoms with E-state index in [4.69, 9.17) is 9.47 Å². The lowest BCUT2D eigenvalue weighted by atomic mass is 9.99. The van der Waals surface area contributed by atoms with Gasteiger partial charge in [-0.25, -0.2) is 0 Å². The zero-order chi connectivity index (χ0) is 21.7. The number of rotatable bonds is 8. The fraction of sp³-hybridized carbons (Fsp3) is 0.360. The minimum absolute atomic E-state index is 0.0300. The van der Waals surface area contributed by atoms with Gasteiger partial charge in [0.1, 0.15) is 0 Å². The predicted molar refractivity (Wildman–Crippen MR) is 120 cm³/mol. The highest BCUT2D eigenvalue weighted by Crippen LogP contribution is 2.31. The Hall–Kier alpha value is -3.08. The molecule has 158 valence electrons. The van der Waals surface area contributed by atoms with Crippen LogP contribution in [0.3, 0.4) is 0 Å². The lowest BCUT2D eigenvalue weighted by Crippen LogP contribution is -2.28. The van der Waals surface area contributed by atoms with Crippen LogP contribution in [0.2, 0.25) is 0 Å². The van der Waals surface area contributed by atoms with E-state index in [1.807, 2.05) is 64.1 Å². The van der Waals surface area contributed by atoms with Crippen molar-refractivity contribution in [1.82, 2.24) is 10.3 Å². The highest BCUT2D eigenvalue weighted by atomic mass is 16.5. The van der Waals surface area contributed by atoms with Gasteiger partial charge in [-0.15, -0.1) is 0 Å². The monoisotopic (exact) mass is 406 g/mol. The number of hydrogen-bond acceptors (Lipinski definition) is 4. The van der Waals surface area contributed by atoms with Gasteiger partial charge in [0.2, 0.25) is 5.91 Å². The molecule has 30 heavy (non-hydrogen) atoms. The lowest BCUT2D eigenvalue weighted by molar-refractivity contribution is -0.121. The first-order valence-electron chi connectivity index (χ1n) is 10.5. The topological polar surface area (TPSA) is 60.5 Å². The normalized spacial score (nSPS) is 11.9. The molecule has 0 fully saturated rings. The van der Waals surface area contributed by atoms with Crippen molar-refractivity contribution >= 4 is 16.8 Å². The molecule has 0 radical (unpaired) electrons. The maximum atomic E-state index is 12.8. The Bertz CT molecular complexity index is 1050. The van der Waals surface area contributed by atoms with Gasteiger partial charge in [0, 0.05) is 11.1 Å². The number of carbonyl (C=O) groups excluding carboxylic acids is 1. The molecule has 0 aliphatic carbocycles. The van der Waals surface area contributed by atoms with Gasteiger partial charge in [0.15, 0.2) is 11.5 Å². The van der Waals surface area contributed by atoms with E-state index in [1.165, 1.54) is 0 Å². The molecule has 1 amide bonds. The second kappa shape index (κ2) is 9.61. The van der Waals surface area contributed by atoms with Gasteiger partial charge < -0.3 is 14.8 Å². The number of benzene rings is 2. The number of ether oxygens (including phenoxy) is 2. The first kappa shape index (κ1) is 21.6. The van der Waals surface area contributed by atoms with Crippen molar-refractivity contribution < 1.29 is 14.3 Å². The van der Waals surface area contributed by atoms with E-state index >= 15 is 0 Å². The van der Waals surface area contributed by atoms with E-state index in [9.17, 15) is 4.79 Å². The summed E-state index contributed by atoms with van der Waals surface area (Å²) < 4.78 is 11.3. The van der Waals surface area contributed by atoms with Crippen LogP contribution in [0, 0.1) is 13.8 Å². The molecule has 0 bridgehead atoms. The molecule has 0 aliphatic rings. The Balaban J connectivity index is 1.76. The summed E-state index contributed by atoms with van der Waals surface area (Å²) in [6.07, 6.45) is 0.301. The minimum atomic E-state index is -0.151. The van der Waals surface area contributed by atoms with E-state index in [1.54, 1.807) is 0 Å². The smallest absolute Gasteiger partial charge is 0.224 e. The van der Waals surface area contributed by atoms with Crippen molar-refractivity contribution in [2.75, 3.05) is 13.2 Å². The second-order valence-electron chi connectivity index (χ2n) is 7.36. The molecule has 1 heterocycles.